The van der Waals surface area contributed by atoms with Gasteiger partial charge in [0.2, 0.25) is 5.91 Å². The first-order chi connectivity index (χ1) is 37.5. The zero-order valence-electron chi connectivity index (χ0n) is 51.5. The van der Waals surface area contributed by atoms with Crippen LogP contribution in [0.5, 0.6) is 0 Å². The molecule has 0 aromatic heterocycles. The molecule has 6 nitrogen and oxygen atoms in total. The molecule has 0 aliphatic carbocycles. The van der Waals surface area contributed by atoms with Crippen molar-refractivity contribution in [1.29, 1.82) is 0 Å². The fraction of sp³-hybridized carbons (Fsp3) is 0.914. The number of hydrogen-bond donors (Lipinski definition) is 3. The summed E-state index contributed by atoms with van der Waals surface area (Å²) >= 11 is 0. The summed E-state index contributed by atoms with van der Waals surface area (Å²) in [5.41, 5.74) is 0. The summed E-state index contributed by atoms with van der Waals surface area (Å²) in [5, 5.41) is 23.4. The van der Waals surface area contributed by atoms with Gasteiger partial charge in [-0.15, -0.1) is 0 Å². The topological polar surface area (TPSA) is 95.9 Å². The molecule has 2 atom stereocenters. The molecule has 0 saturated carbocycles. The van der Waals surface area contributed by atoms with Gasteiger partial charge in [0.15, 0.2) is 0 Å². The zero-order valence-corrected chi connectivity index (χ0v) is 51.5. The fourth-order valence-corrected chi connectivity index (χ4v) is 11.0. The highest BCUT2D eigenvalue weighted by atomic mass is 16.5. The lowest BCUT2D eigenvalue weighted by atomic mass is 10.0. The van der Waals surface area contributed by atoms with Crippen LogP contribution in [-0.4, -0.2) is 47.4 Å². The lowest BCUT2D eigenvalue weighted by molar-refractivity contribution is -0.143. The molecule has 0 fully saturated rings. The van der Waals surface area contributed by atoms with Gasteiger partial charge in [-0.2, -0.15) is 0 Å². The Bertz CT molecular complexity index is 1190. The number of carbonyl (C=O) groups excluding carboxylic acids is 2. The van der Waals surface area contributed by atoms with E-state index in [1.165, 1.54) is 302 Å². The molecule has 2 unspecified atom stereocenters. The van der Waals surface area contributed by atoms with Crippen LogP contribution in [0.15, 0.2) is 24.3 Å². The number of rotatable bonds is 65. The molecule has 0 bridgehead atoms. The minimum absolute atomic E-state index is 0.0327. The normalized spacial score (nSPS) is 12.6. The van der Waals surface area contributed by atoms with E-state index in [0.717, 1.165) is 51.4 Å². The van der Waals surface area contributed by atoms with Gasteiger partial charge in [0.1, 0.15) is 0 Å². The van der Waals surface area contributed by atoms with E-state index >= 15 is 0 Å². The fourth-order valence-electron chi connectivity index (χ4n) is 11.0. The maximum absolute atomic E-state index is 12.6. The van der Waals surface area contributed by atoms with Gasteiger partial charge in [-0.1, -0.05) is 353 Å². The smallest absolute Gasteiger partial charge is 0.305 e. The number of amides is 1. The number of unbranched alkanes of at least 4 members (excludes halogenated alkanes) is 50. The van der Waals surface area contributed by atoms with Crippen molar-refractivity contribution in [1.82, 2.24) is 5.32 Å². The lowest BCUT2D eigenvalue weighted by Gasteiger charge is -2.22. The number of aliphatic hydroxyl groups excluding tert-OH is 2. The standard InChI is InChI=1S/C70H135NO5/c1-3-5-7-9-11-13-15-17-18-19-20-21-22-23-24-26-29-32-35-39-42-46-50-54-58-62-68(73)67(66-72)71-69(74)63-59-55-51-47-43-40-36-33-30-27-25-28-31-34-37-41-45-49-53-57-61-65-76-70(75)64-60-56-52-48-44-38-16-14-12-10-8-6-4-2/h41,45,53,57,67-68,72-73H,3-40,42-44,46-52,54-56,58-66H2,1-2H3,(H,71,74)/b45-41-,57-53-. The maximum atomic E-state index is 12.6. The van der Waals surface area contributed by atoms with Gasteiger partial charge >= 0.3 is 5.97 Å². The monoisotopic (exact) mass is 1070 g/mol. The van der Waals surface area contributed by atoms with E-state index in [1.54, 1.807) is 0 Å². The van der Waals surface area contributed by atoms with E-state index in [1.807, 2.05) is 0 Å². The molecule has 0 spiro atoms. The third-order valence-corrected chi connectivity index (χ3v) is 16.3. The van der Waals surface area contributed by atoms with Crippen molar-refractivity contribution in [3.63, 3.8) is 0 Å². The molecule has 0 rings (SSSR count). The van der Waals surface area contributed by atoms with Crippen molar-refractivity contribution in [3.8, 4) is 0 Å². The molecule has 0 aromatic carbocycles. The van der Waals surface area contributed by atoms with E-state index in [2.05, 4.69) is 43.5 Å². The Morgan fingerprint density at radius 3 is 1.00 bits per heavy atom. The van der Waals surface area contributed by atoms with Crippen LogP contribution in [0, 0.1) is 0 Å². The molecular formula is C70H135NO5. The van der Waals surface area contributed by atoms with E-state index in [4.69, 9.17) is 4.74 Å². The molecular weight excluding hydrogens is 935 g/mol. The van der Waals surface area contributed by atoms with Gasteiger partial charge in [-0.25, -0.2) is 0 Å². The summed E-state index contributed by atoms with van der Waals surface area (Å²) in [6, 6.07) is -0.547. The van der Waals surface area contributed by atoms with Crippen molar-refractivity contribution >= 4 is 11.9 Å². The van der Waals surface area contributed by atoms with Crippen molar-refractivity contribution < 1.29 is 24.5 Å². The Kier molecular flexibility index (Phi) is 64.4. The van der Waals surface area contributed by atoms with Gasteiger partial charge in [-0.3, -0.25) is 9.59 Å². The molecule has 76 heavy (non-hydrogen) atoms. The van der Waals surface area contributed by atoms with Crippen LogP contribution in [0.25, 0.3) is 0 Å². The Morgan fingerprint density at radius 1 is 0.368 bits per heavy atom. The van der Waals surface area contributed by atoms with Crippen molar-refractivity contribution in [2.45, 2.75) is 398 Å². The van der Waals surface area contributed by atoms with Crippen molar-refractivity contribution in [2.75, 3.05) is 13.2 Å². The Hall–Kier alpha value is -1.66. The third-order valence-electron chi connectivity index (χ3n) is 16.3. The Balaban J connectivity index is 3.44. The van der Waals surface area contributed by atoms with E-state index in [0.29, 0.717) is 25.9 Å². The van der Waals surface area contributed by atoms with Crippen LogP contribution in [0.4, 0.5) is 0 Å². The van der Waals surface area contributed by atoms with Crippen LogP contribution in [0.3, 0.4) is 0 Å². The highest BCUT2D eigenvalue weighted by molar-refractivity contribution is 5.76. The summed E-state index contributed by atoms with van der Waals surface area (Å²) in [6.07, 6.45) is 82.3. The largest absolute Gasteiger partial charge is 0.465 e. The number of allylic oxidation sites excluding steroid dienone is 3. The maximum Gasteiger partial charge on any atom is 0.305 e. The van der Waals surface area contributed by atoms with Crippen LogP contribution in [-0.2, 0) is 14.3 Å². The number of aliphatic hydroxyl groups is 2. The first kappa shape index (κ1) is 74.3. The average molecular weight is 1070 g/mol. The summed E-state index contributed by atoms with van der Waals surface area (Å²) in [6.45, 7) is 4.88. The Morgan fingerprint density at radius 2 is 0.658 bits per heavy atom. The predicted molar refractivity (Wildman–Crippen MR) is 333 cm³/mol. The molecule has 0 radical (unpaired) electrons. The van der Waals surface area contributed by atoms with E-state index in [-0.39, 0.29) is 18.5 Å². The zero-order chi connectivity index (χ0) is 55.0. The van der Waals surface area contributed by atoms with Gasteiger partial charge in [0, 0.05) is 12.8 Å². The van der Waals surface area contributed by atoms with Crippen LogP contribution in [0.1, 0.15) is 386 Å². The number of carbonyl (C=O) groups is 2. The minimum Gasteiger partial charge on any atom is -0.465 e. The second kappa shape index (κ2) is 65.9. The first-order valence-electron chi connectivity index (χ1n) is 34.6. The lowest BCUT2D eigenvalue weighted by Crippen LogP contribution is -2.45. The Labute approximate surface area is 475 Å². The number of esters is 1. The predicted octanol–water partition coefficient (Wildman–Crippen LogP) is 22.1. The first-order valence-corrected chi connectivity index (χ1v) is 34.6. The molecule has 0 aliphatic heterocycles. The molecule has 450 valence electrons. The van der Waals surface area contributed by atoms with Crippen molar-refractivity contribution in [2.24, 2.45) is 0 Å². The van der Waals surface area contributed by atoms with Crippen molar-refractivity contribution in [3.05, 3.63) is 24.3 Å². The molecule has 0 saturated heterocycles. The summed E-state index contributed by atoms with van der Waals surface area (Å²) in [7, 11) is 0. The van der Waals surface area contributed by atoms with Gasteiger partial charge in [-0.05, 0) is 44.9 Å². The quantitative estimate of drug-likeness (QED) is 0.0320. The van der Waals surface area contributed by atoms with Gasteiger partial charge in [0.25, 0.3) is 0 Å². The number of hydrogen-bond acceptors (Lipinski definition) is 5. The van der Waals surface area contributed by atoms with E-state index in [9.17, 15) is 19.8 Å². The summed E-state index contributed by atoms with van der Waals surface area (Å²) in [4.78, 5) is 24.6. The van der Waals surface area contributed by atoms with E-state index < -0.39 is 12.1 Å². The molecule has 0 aromatic rings. The summed E-state index contributed by atoms with van der Waals surface area (Å²) < 4.78 is 5.42. The second-order valence-electron chi connectivity index (χ2n) is 23.9. The number of nitrogens with one attached hydrogen (secondary N) is 1. The highest BCUT2D eigenvalue weighted by Gasteiger charge is 2.20. The van der Waals surface area contributed by atoms with Crippen LogP contribution < -0.4 is 5.32 Å². The third kappa shape index (κ3) is 61.6. The SMILES string of the molecule is CCCCCCCCCCCCCCCCCCCCCCCCCCCC(O)C(CO)NC(=O)CCCCCCCCCCCCCCCC/C=C\C/C=C\CCOC(=O)CCCCCCCCCCCCCCC. The summed E-state index contributed by atoms with van der Waals surface area (Å²) in [5.74, 6) is -0.0677. The van der Waals surface area contributed by atoms with Gasteiger partial charge < -0.3 is 20.3 Å². The minimum atomic E-state index is -0.669. The average Bonchev–Trinajstić information content (AvgIpc) is 3.42. The second-order valence-corrected chi connectivity index (χ2v) is 23.9. The molecule has 0 aliphatic rings. The molecule has 0 heterocycles. The molecule has 6 heteroatoms. The van der Waals surface area contributed by atoms with Crippen LogP contribution in [0.2, 0.25) is 0 Å². The van der Waals surface area contributed by atoms with Crippen LogP contribution >= 0.6 is 0 Å². The molecule has 3 N–H and O–H groups in total. The highest BCUT2D eigenvalue weighted by Crippen LogP contribution is 2.19. The van der Waals surface area contributed by atoms with Gasteiger partial charge in [0.05, 0.1) is 25.4 Å². The molecule has 1 amide bonds. The number of ether oxygens (including phenoxy) is 1.